The van der Waals surface area contributed by atoms with Crippen LogP contribution in [0.4, 0.5) is 5.82 Å². The fraction of sp³-hybridized carbons (Fsp3) is 0.471. The number of piperidine rings is 1. The molecule has 116 valence electrons. The van der Waals surface area contributed by atoms with Crippen LogP contribution in [0, 0.1) is 5.92 Å². The number of nitrogens with one attached hydrogen (secondary N) is 1. The summed E-state index contributed by atoms with van der Waals surface area (Å²) in [6.45, 7) is 3.32. The first kappa shape index (κ1) is 14.9. The minimum atomic E-state index is 0.652. The Kier molecular flexibility index (Phi) is 4.96. The zero-order chi connectivity index (χ0) is 15.2. The summed E-state index contributed by atoms with van der Waals surface area (Å²) in [7, 11) is 1.91. The standard InChI is InChI=1S/C17H23N5/c1-18-17-16(20-8-9-21-17)11-15-3-2-10-22(13-15)12-14-4-6-19-7-5-14/h4-9,15H,2-3,10-13H2,1H3,(H,18,21). The van der Waals surface area contributed by atoms with E-state index in [-0.39, 0.29) is 0 Å². The second kappa shape index (κ2) is 7.31. The van der Waals surface area contributed by atoms with Crippen LogP contribution in [0.3, 0.4) is 0 Å². The van der Waals surface area contributed by atoms with Crippen molar-refractivity contribution >= 4 is 5.82 Å². The monoisotopic (exact) mass is 297 g/mol. The number of rotatable bonds is 5. The molecule has 0 saturated carbocycles. The van der Waals surface area contributed by atoms with Gasteiger partial charge in [-0.05, 0) is 49.4 Å². The average molecular weight is 297 g/mol. The fourth-order valence-electron chi connectivity index (χ4n) is 3.21. The molecule has 3 rings (SSSR count). The number of anilines is 1. The molecule has 0 radical (unpaired) electrons. The van der Waals surface area contributed by atoms with Gasteiger partial charge in [0.2, 0.25) is 0 Å². The summed E-state index contributed by atoms with van der Waals surface area (Å²) in [5, 5.41) is 3.14. The van der Waals surface area contributed by atoms with Crippen LogP contribution in [0.15, 0.2) is 36.9 Å². The Bertz CT molecular complexity index is 587. The molecule has 0 aromatic carbocycles. The van der Waals surface area contributed by atoms with Gasteiger partial charge in [0.05, 0.1) is 5.69 Å². The van der Waals surface area contributed by atoms with E-state index in [0.717, 1.165) is 31.0 Å². The quantitative estimate of drug-likeness (QED) is 0.918. The van der Waals surface area contributed by atoms with Crippen LogP contribution in [-0.2, 0) is 13.0 Å². The van der Waals surface area contributed by atoms with Crippen molar-refractivity contribution in [3.63, 3.8) is 0 Å². The molecule has 2 aromatic rings. The molecule has 1 aliphatic rings. The van der Waals surface area contributed by atoms with E-state index in [9.17, 15) is 0 Å². The van der Waals surface area contributed by atoms with Crippen LogP contribution in [0.2, 0.25) is 0 Å². The minimum absolute atomic E-state index is 0.652. The fourth-order valence-corrected chi connectivity index (χ4v) is 3.21. The maximum Gasteiger partial charge on any atom is 0.147 e. The SMILES string of the molecule is CNc1nccnc1CC1CCCN(Cc2ccncc2)C1. The van der Waals surface area contributed by atoms with Crippen molar-refractivity contribution in [3.05, 3.63) is 48.2 Å². The van der Waals surface area contributed by atoms with Crippen molar-refractivity contribution in [3.8, 4) is 0 Å². The second-order valence-electron chi connectivity index (χ2n) is 5.90. The van der Waals surface area contributed by atoms with Crippen LogP contribution in [0.1, 0.15) is 24.1 Å². The van der Waals surface area contributed by atoms with Crippen LogP contribution >= 0.6 is 0 Å². The predicted octanol–water partition coefficient (Wildman–Crippen LogP) is 2.37. The van der Waals surface area contributed by atoms with Crippen LogP contribution in [-0.4, -0.2) is 40.0 Å². The van der Waals surface area contributed by atoms with Gasteiger partial charge in [-0.2, -0.15) is 0 Å². The lowest BCUT2D eigenvalue weighted by molar-refractivity contribution is 0.166. The van der Waals surface area contributed by atoms with Gasteiger partial charge in [-0.1, -0.05) is 0 Å². The second-order valence-corrected chi connectivity index (χ2v) is 5.90. The zero-order valence-electron chi connectivity index (χ0n) is 13.1. The van der Waals surface area contributed by atoms with E-state index in [2.05, 4.69) is 37.3 Å². The Balaban J connectivity index is 1.61. The predicted molar refractivity (Wildman–Crippen MR) is 87.5 cm³/mol. The molecule has 0 amide bonds. The Morgan fingerprint density at radius 2 is 2.00 bits per heavy atom. The Hall–Kier alpha value is -2.01. The highest BCUT2D eigenvalue weighted by Crippen LogP contribution is 2.23. The summed E-state index contributed by atoms with van der Waals surface area (Å²) in [6.07, 6.45) is 10.8. The lowest BCUT2D eigenvalue weighted by Gasteiger charge is -2.32. The molecule has 2 aromatic heterocycles. The first-order chi connectivity index (χ1) is 10.8. The van der Waals surface area contributed by atoms with Crippen LogP contribution in [0.5, 0.6) is 0 Å². The van der Waals surface area contributed by atoms with Crippen molar-refractivity contribution < 1.29 is 0 Å². The molecule has 0 aliphatic carbocycles. The van der Waals surface area contributed by atoms with Crippen LogP contribution < -0.4 is 5.32 Å². The van der Waals surface area contributed by atoms with Gasteiger partial charge < -0.3 is 5.32 Å². The van der Waals surface area contributed by atoms with Crippen molar-refractivity contribution in [2.45, 2.75) is 25.8 Å². The normalized spacial score (nSPS) is 19.0. The van der Waals surface area contributed by atoms with Crippen molar-refractivity contribution in [1.29, 1.82) is 0 Å². The highest BCUT2D eigenvalue weighted by atomic mass is 15.1. The number of pyridine rings is 1. The van der Waals surface area contributed by atoms with E-state index in [1.54, 1.807) is 12.4 Å². The Morgan fingerprint density at radius 3 is 2.82 bits per heavy atom. The minimum Gasteiger partial charge on any atom is -0.372 e. The lowest BCUT2D eigenvalue weighted by atomic mass is 9.93. The maximum atomic E-state index is 4.50. The van der Waals surface area contributed by atoms with Crippen molar-refractivity contribution in [1.82, 2.24) is 19.9 Å². The Labute approximate surface area is 131 Å². The van der Waals surface area contributed by atoms with Crippen molar-refractivity contribution in [2.75, 3.05) is 25.5 Å². The molecular formula is C17H23N5. The summed E-state index contributed by atoms with van der Waals surface area (Å²) >= 11 is 0. The van der Waals surface area contributed by atoms with Crippen molar-refractivity contribution in [2.24, 2.45) is 5.92 Å². The van der Waals surface area contributed by atoms with E-state index >= 15 is 0 Å². The van der Waals surface area contributed by atoms with Crippen LogP contribution in [0.25, 0.3) is 0 Å². The van der Waals surface area contributed by atoms with E-state index in [1.807, 2.05) is 19.4 Å². The average Bonchev–Trinajstić information content (AvgIpc) is 2.57. The zero-order valence-corrected chi connectivity index (χ0v) is 13.1. The van der Waals surface area contributed by atoms with Gasteiger partial charge in [0.1, 0.15) is 5.82 Å². The van der Waals surface area contributed by atoms with E-state index < -0.39 is 0 Å². The lowest BCUT2D eigenvalue weighted by Crippen LogP contribution is -2.36. The summed E-state index contributed by atoms with van der Waals surface area (Å²) in [5.41, 5.74) is 2.42. The number of nitrogens with zero attached hydrogens (tertiary/aromatic N) is 4. The summed E-state index contributed by atoms with van der Waals surface area (Å²) < 4.78 is 0. The van der Waals surface area contributed by atoms with Gasteiger partial charge in [-0.25, -0.2) is 4.98 Å². The molecular weight excluding hydrogens is 274 g/mol. The third-order valence-corrected chi connectivity index (χ3v) is 4.25. The molecule has 0 spiro atoms. The first-order valence-corrected chi connectivity index (χ1v) is 7.94. The number of hydrogen-bond donors (Lipinski definition) is 1. The summed E-state index contributed by atoms with van der Waals surface area (Å²) in [6, 6.07) is 4.21. The molecule has 1 unspecified atom stereocenters. The first-order valence-electron chi connectivity index (χ1n) is 7.94. The molecule has 1 aliphatic heterocycles. The molecule has 1 N–H and O–H groups in total. The Morgan fingerprint density at radius 1 is 1.18 bits per heavy atom. The molecule has 3 heterocycles. The smallest absolute Gasteiger partial charge is 0.147 e. The molecule has 1 atom stereocenters. The van der Waals surface area contributed by atoms with Gasteiger partial charge in [0.25, 0.3) is 0 Å². The van der Waals surface area contributed by atoms with Gasteiger partial charge in [0, 0.05) is 44.9 Å². The molecule has 1 fully saturated rings. The number of aromatic nitrogens is 3. The molecule has 1 saturated heterocycles. The summed E-state index contributed by atoms with van der Waals surface area (Å²) in [5.74, 6) is 1.56. The van der Waals surface area contributed by atoms with Gasteiger partial charge in [-0.3, -0.25) is 14.9 Å². The molecule has 5 heteroatoms. The van der Waals surface area contributed by atoms with Gasteiger partial charge in [0.15, 0.2) is 0 Å². The van der Waals surface area contributed by atoms with Gasteiger partial charge in [-0.15, -0.1) is 0 Å². The highest BCUT2D eigenvalue weighted by Gasteiger charge is 2.21. The third-order valence-electron chi connectivity index (χ3n) is 4.25. The number of likely N-dealkylation sites (tertiary alicyclic amines) is 1. The largest absolute Gasteiger partial charge is 0.372 e. The van der Waals surface area contributed by atoms with E-state index in [0.29, 0.717) is 5.92 Å². The van der Waals surface area contributed by atoms with E-state index in [4.69, 9.17) is 0 Å². The van der Waals surface area contributed by atoms with E-state index in [1.165, 1.54) is 24.9 Å². The molecule has 22 heavy (non-hydrogen) atoms. The molecule has 5 nitrogen and oxygen atoms in total. The molecule has 0 bridgehead atoms. The summed E-state index contributed by atoms with van der Waals surface area (Å²) in [4.78, 5) is 15.5. The third kappa shape index (κ3) is 3.80. The van der Waals surface area contributed by atoms with Gasteiger partial charge >= 0.3 is 0 Å². The highest BCUT2D eigenvalue weighted by molar-refractivity contribution is 5.38. The maximum absolute atomic E-state index is 4.50. The number of hydrogen-bond acceptors (Lipinski definition) is 5. The topological polar surface area (TPSA) is 53.9 Å².